The van der Waals surface area contributed by atoms with Crippen molar-refractivity contribution in [3.8, 4) is 61.3 Å². The number of para-hydroxylation sites is 3. The summed E-state index contributed by atoms with van der Waals surface area (Å²) >= 11 is 0. The van der Waals surface area contributed by atoms with Gasteiger partial charge in [-0.15, -0.1) is 0 Å². The highest BCUT2D eigenvalue weighted by atomic mass is 15.1. The Morgan fingerprint density at radius 2 is 0.686 bits per heavy atom. The molecule has 0 aliphatic rings. The molecule has 0 fully saturated rings. The number of hydrogen-bond donors (Lipinski definition) is 0. The minimum atomic E-state index is 1.08. The summed E-state index contributed by atoms with van der Waals surface area (Å²) in [7, 11) is 0. The largest absolute Gasteiger partial charge is 0.310 e. The predicted molar refractivity (Wildman–Crippen MR) is 298 cm³/mol. The van der Waals surface area contributed by atoms with E-state index in [-0.39, 0.29) is 0 Å². The van der Waals surface area contributed by atoms with E-state index in [4.69, 9.17) is 0 Å². The number of anilines is 3. The van der Waals surface area contributed by atoms with Crippen LogP contribution in [0, 0.1) is 0 Å². The first-order valence-corrected chi connectivity index (χ1v) is 24.1. The van der Waals surface area contributed by atoms with Crippen LogP contribution in [0.2, 0.25) is 0 Å². The SMILES string of the molecule is c1ccc(-c2ccccc2N(c2cccc(-c3ccc4c(c3)c(-c3ccccc3)c(-c3ccccc3)c3ccccc34)c2)c2cccc(-c3ccc4c(c3)c3ccccc3n4-c3ccccc3)c2)cc1. The number of rotatable bonds is 9. The van der Waals surface area contributed by atoms with Crippen LogP contribution >= 0.6 is 0 Å². The molecule has 0 bridgehead atoms. The van der Waals surface area contributed by atoms with Crippen molar-refractivity contribution in [2.45, 2.75) is 0 Å². The van der Waals surface area contributed by atoms with E-state index in [2.05, 4.69) is 289 Å². The van der Waals surface area contributed by atoms with Gasteiger partial charge >= 0.3 is 0 Å². The Balaban J connectivity index is 0.990. The Bertz CT molecular complexity index is 4040. The molecule has 12 aromatic carbocycles. The zero-order valence-electron chi connectivity index (χ0n) is 38.5. The molecule has 13 aromatic rings. The van der Waals surface area contributed by atoms with Gasteiger partial charge in [0.2, 0.25) is 0 Å². The van der Waals surface area contributed by atoms with Crippen LogP contribution in [0.5, 0.6) is 0 Å². The van der Waals surface area contributed by atoms with Crippen molar-refractivity contribution in [2.75, 3.05) is 4.90 Å². The lowest BCUT2D eigenvalue weighted by molar-refractivity contribution is 1.18. The van der Waals surface area contributed by atoms with Crippen molar-refractivity contribution in [3.63, 3.8) is 0 Å². The maximum absolute atomic E-state index is 2.44. The summed E-state index contributed by atoms with van der Waals surface area (Å²) in [6, 6.07) is 102. The highest BCUT2D eigenvalue weighted by molar-refractivity contribution is 6.22. The van der Waals surface area contributed by atoms with E-state index in [0.717, 1.165) is 45.0 Å². The zero-order valence-corrected chi connectivity index (χ0v) is 38.5. The molecule has 2 heteroatoms. The highest BCUT2D eigenvalue weighted by Gasteiger charge is 2.21. The van der Waals surface area contributed by atoms with Gasteiger partial charge in [-0.1, -0.05) is 212 Å². The topological polar surface area (TPSA) is 8.17 Å². The third-order valence-electron chi connectivity index (χ3n) is 13.9. The summed E-state index contributed by atoms with van der Waals surface area (Å²) in [6.45, 7) is 0. The fourth-order valence-electron chi connectivity index (χ4n) is 10.8. The van der Waals surface area contributed by atoms with Crippen molar-refractivity contribution in [1.29, 1.82) is 0 Å². The van der Waals surface area contributed by atoms with Crippen LogP contribution in [0.25, 0.3) is 105 Å². The Kier molecular flexibility index (Phi) is 10.2. The monoisotopic (exact) mass is 890 g/mol. The molecule has 1 aromatic heterocycles. The summed E-state index contributed by atoms with van der Waals surface area (Å²) < 4.78 is 2.38. The molecular formula is C68H46N2. The van der Waals surface area contributed by atoms with Gasteiger partial charge in [0.1, 0.15) is 0 Å². The second kappa shape index (κ2) is 17.4. The normalized spacial score (nSPS) is 11.4. The summed E-state index contributed by atoms with van der Waals surface area (Å²) in [5.74, 6) is 0. The molecule has 70 heavy (non-hydrogen) atoms. The second-order valence-electron chi connectivity index (χ2n) is 18.0. The minimum Gasteiger partial charge on any atom is -0.310 e. The maximum Gasteiger partial charge on any atom is 0.0541 e. The fourth-order valence-corrected chi connectivity index (χ4v) is 10.8. The van der Waals surface area contributed by atoms with Crippen LogP contribution in [-0.2, 0) is 0 Å². The fraction of sp³-hybridized carbons (Fsp3) is 0. The smallest absolute Gasteiger partial charge is 0.0541 e. The van der Waals surface area contributed by atoms with E-state index in [1.807, 2.05) is 0 Å². The van der Waals surface area contributed by atoms with Gasteiger partial charge in [0.25, 0.3) is 0 Å². The molecule has 2 nitrogen and oxygen atoms in total. The van der Waals surface area contributed by atoms with Crippen molar-refractivity contribution in [2.24, 2.45) is 0 Å². The molecule has 0 aliphatic carbocycles. The lowest BCUT2D eigenvalue weighted by Gasteiger charge is -2.29. The molecule has 0 amide bonds. The van der Waals surface area contributed by atoms with E-state index in [9.17, 15) is 0 Å². The molecule has 0 unspecified atom stereocenters. The lowest BCUT2D eigenvalue weighted by atomic mass is 9.84. The molecule has 0 saturated heterocycles. The van der Waals surface area contributed by atoms with E-state index < -0.39 is 0 Å². The molecule has 0 atom stereocenters. The number of nitrogens with zero attached hydrogens (tertiary/aromatic N) is 2. The van der Waals surface area contributed by atoms with Gasteiger partial charge in [-0.05, 0) is 138 Å². The second-order valence-corrected chi connectivity index (χ2v) is 18.0. The van der Waals surface area contributed by atoms with E-state index in [1.165, 1.54) is 76.7 Å². The van der Waals surface area contributed by atoms with Gasteiger partial charge in [0.05, 0.1) is 16.7 Å². The Labute approximate surface area is 408 Å². The number of fused-ring (bicyclic) bond motifs is 6. The standard InChI is InChI=1S/C68H46N2/c1-5-21-47(22-6-1)57-33-15-17-37-64(57)69(56-32-20-28-51(44-56)53-40-42-66-62(45-53)60-35-16-18-38-65(60)70(66)54-29-11-4-12-30-54)55-31-19-27-50(43-55)52-39-41-59-58-34-13-14-36-61(58)67(48-23-7-2-8-24-48)68(63(59)46-52)49-25-9-3-10-26-49/h1-46H. The van der Waals surface area contributed by atoms with Gasteiger partial charge in [0, 0.05) is 33.4 Å². The van der Waals surface area contributed by atoms with Gasteiger partial charge in [-0.3, -0.25) is 0 Å². The quantitative estimate of drug-likeness (QED) is 0.131. The zero-order chi connectivity index (χ0) is 46.4. The minimum absolute atomic E-state index is 1.08. The maximum atomic E-state index is 2.44. The van der Waals surface area contributed by atoms with Gasteiger partial charge in [-0.25, -0.2) is 0 Å². The van der Waals surface area contributed by atoms with E-state index in [1.54, 1.807) is 0 Å². The van der Waals surface area contributed by atoms with Crippen LogP contribution in [-0.4, -0.2) is 4.57 Å². The third-order valence-corrected chi connectivity index (χ3v) is 13.9. The molecule has 1 heterocycles. The average Bonchev–Trinajstić information content (AvgIpc) is 3.77. The number of benzene rings is 12. The van der Waals surface area contributed by atoms with Crippen LogP contribution < -0.4 is 4.90 Å². The molecule has 328 valence electrons. The Morgan fingerprint density at radius 1 is 0.243 bits per heavy atom. The third kappa shape index (κ3) is 7.13. The van der Waals surface area contributed by atoms with Crippen molar-refractivity contribution in [1.82, 2.24) is 4.57 Å². The Morgan fingerprint density at radius 3 is 1.34 bits per heavy atom. The molecule has 0 N–H and O–H groups in total. The first-order chi connectivity index (χ1) is 34.7. The molecular weight excluding hydrogens is 845 g/mol. The van der Waals surface area contributed by atoms with Gasteiger partial charge < -0.3 is 9.47 Å². The van der Waals surface area contributed by atoms with E-state index >= 15 is 0 Å². The van der Waals surface area contributed by atoms with Crippen molar-refractivity contribution >= 4 is 60.4 Å². The van der Waals surface area contributed by atoms with Crippen LogP contribution in [0.15, 0.2) is 279 Å². The summed E-state index contributed by atoms with van der Waals surface area (Å²) in [6.07, 6.45) is 0. The predicted octanol–water partition coefficient (Wildman–Crippen LogP) is 18.9. The van der Waals surface area contributed by atoms with E-state index in [0.29, 0.717) is 0 Å². The van der Waals surface area contributed by atoms with Crippen molar-refractivity contribution < 1.29 is 0 Å². The first-order valence-electron chi connectivity index (χ1n) is 24.1. The van der Waals surface area contributed by atoms with Gasteiger partial charge in [-0.2, -0.15) is 0 Å². The highest BCUT2D eigenvalue weighted by Crippen LogP contribution is 2.47. The van der Waals surface area contributed by atoms with Crippen LogP contribution in [0.3, 0.4) is 0 Å². The summed E-state index contributed by atoms with van der Waals surface area (Å²) in [4.78, 5) is 2.44. The molecule has 0 saturated carbocycles. The Hall–Kier alpha value is -9.24. The molecule has 0 spiro atoms. The number of hydrogen-bond acceptors (Lipinski definition) is 1. The average molecular weight is 891 g/mol. The first kappa shape index (κ1) is 41.0. The molecule has 0 aliphatic heterocycles. The number of aromatic nitrogens is 1. The summed E-state index contributed by atoms with van der Waals surface area (Å²) in [5.41, 5.74) is 18.7. The molecule has 13 rings (SSSR count). The van der Waals surface area contributed by atoms with Crippen LogP contribution in [0.4, 0.5) is 17.1 Å². The summed E-state index contributed by atoms with van der Waals surface area (Å²) in [5, 5.41) is 7.45. The lowest BCUT2D eigenvalue weighted by Crippen LogP contribution is -2.11. The molecule has 0 radical (unpaired) electrons. The van der Waals surface area contributed by atoms with Crippen LogP contribution in [0.1, 0.15) is 0 Å². The van der Waals surface area contributed by atoms with Gasteiger partial charge in [0.15, 0.2) is 0 Å². The van der Waals surface area contributed by atoms with Crippen molar-refractivity contribution in [3.05, 3.63) is 279 Å².